The van der Waals surface area contributed by atoms with E-state index in [1.54, 1.807) is 11.8 Å². The number of hydrogen-bond acceptors (Lipinski definition) is 5. The molecule has 3 aromatic rings. The highest BCUT2D eigenvalue weighted by Crippen LogP contribution is 2.42. The summed E-state index contributed by atoms with van der Waals surface area (Å²) in [6, 6.07) is 24.5. The number of benzene rings is 3. The molecule has 2 heterocycles. The zero-order chi connectivity index (χ0) is 28.7. The van der Waals surface area contributed by atoms with E-state index >= 15 is 0 Å². The number of fused-ring (bicyclic) bond motifs is 1. The third-order valence-electron chi connectivity index (χ3n) is 7.28. The van der Waals surface area contributed by atoms with Crippen LogP contribution in [0.25, 0.3) is 0 Å². The molecule has 2 N–H and O–H groups in total. The highest BCUT2D eigenvalue weighted by atomic mass is 32.2. The number of rotatable bonds is 6. The first kappa shape index (κ1) is 30.0. The number of piperidine rings is 1. The second-order valence-corrected chi connectivity index (χ2v) is 11.0. The van der Waals surface area contributed by atoms with Crippen molar-refractivity contribution in [3.63, 3.8) is 0 Å². The van der Waals surface area contributed by atoms with E-state index in [1.807, 2.05) is 0 Å². The largest absolute Gasteiger partial charge is 0.490 e. The molecule has 2 aliphatic heterocycles. The lowest BCUT2D eigenvalue weighted by atomic mass is 9.82. The Labute approximate surface area is 237 Å². The first-order chi connectivity index (χ1) is 19.2. The summed E-state index contributed by atoms with van der Waals surface area (Å²) in [4.78, 5) is 12.8. The Morgan fingerprint density at radius 3 is 2.38 bits per heavy atom. The number of nitrogens with one attached hydrogen (secondary N) is 1. The zero-order valence-electron chi connectivity index (χ0n) is 22.7. The van der Waals surface area contributed by atoms with Crippen LogP contribution in [0.15, 0.2) is 71.6 Å². The predicted molar refractivity (Wildman–Crippen MR) is 152 cm³/mol. The van der Waals surface area contributed by atoms with Gasteiger partial charge in [-0.3, -0.25) is 4.90 Å². The molecule has 3 aromatic carbocycles. The standard InChI is InChI=1S/C29H34N2OS.C2HF3O2/c1-21-26-10-7-11-28(29(26)27(19-30-21)23-12-14-25(33-2)15-13-23)32-24-9-6-8-22(18-24)20-31-16-4-3-5-17-31;3-2(4,5)1(6)7/h6-15,18,21,27,30H,3-5,16-17,19-20H2,1-2H3;(H,6,7). The van der Waals surface area contributed by atoms with Gasteiger partial charge in [0.15, 0.2) is 0 Å². The van der Waals surface area contributed by atoms with Gasteiger partial charge in [0.2, 0.25) is 0 Å². The van der Waals surface area contributed by atoms with Crippen molar-refractivity contribution in [2.24, 2.45) is 0 Å². The van der Waals surface area contributed by atoms with Gasteiger partial charge in [0.05, 0.1) is 0 Å². The van der Waals surface area contributed by atoms with Crippen LogP contribution in [0.5, 0.6) is 11.5 Å². The molecule has 214 valence electrons. The fraction of sp³-hybridized carbons (Fsp3) is 0.387. The van der Waals surface area contributed by atoms with Crippen molar-refractivity contribution in [2.75, 3.05) is 25.9 Å². The SMILES string of the molecule is CSc1ccc(C2CNC(C)c3cccc(Oc4cccc(CN5CCCCC5)c4)c32)cc1.O=C(O)C(F)(F)F. The lowest BCUT2D eigenvalue weighted by Crippen LogP contribution is -2.32. The molecule has 40 heavy (non-hydrogen) atoms. The summed E-state index contributed by atoms with van der Waals surface area (Å²) >= 11 is 1.78. The zero-order valence-corrected chi connectivity index (χ0v) is 23.5. The number of thioether (sulfide) groups is 1. The molecule has 2 aliphatic rings. The molecule has 0 saturated carbocycles. The highest BCUT2D eigenvalue weighted by Gasteiger charge is 2.38. The summed E-state index contributed by atoms with van der Waals surface area (Å²) in [5.74, 6) is -0.567. The number of carboxylic acid groups (broad SMARTS) is 1. The summed E-state index contributed by atoms with van der Waals surface area (Å²) in [7, 11) is 0. The van der Waals surface area contributed by atoms with Gasteiger partial charge in [0, 0.05) is 35.5 Å². The van der Waals surface area contributed by atoms with Crippen molar-refractivity contribution in [3.05, 3.63) is 89.0 Å². The molecule has 2 unspecified atom stereocenters. The summed E-state index contributed by atoms with van der Waals surface area (Å²) in [5.41, 5.74) is 5.33. The molecule has 9 heteroatoms. The molecule has 0 aliphatic carbocycles. The minimum Gasteiger partial charge on any atom is -0.475 e. The number of nitrogens with zero attached hydrogens (tertiary/aromatic N) is 1. The summed E-state index contributed by atoms with van der Waals surface area (Å²) in [6.07, 6.45) is 1.04. The molecular weight excluding hydrogens is 537 g/mol. The van der Waals surface area contributed by atoms with Crippen LogP contribution in [-0.4, -0.2) is 48.0 Å². The summed E-state index contributed by atoms with van der Waals surface area (Å²) in [6.45, 7) is 6.59. The van der Waals surface area contributed by atoms with E-state index in [0.717, 1.165) is 24.6 Å². The van der Waals surface area contributed by atoms with Gasteiger partial charge in [0.25, 0.3) is 0 Å². The van der Waals surface area contributed by atoms with Crippen molar-refractivity contribution in [3.8, 4) is 11.5 Å². The van der Waals surface area contributed by atoms with Gasteiger partial charge < -0.3 is 15.2 Å². The van der Waals surface area contributed by atoms with Crippen LogP contribution in [0.1, 0.15) is 60.4 Å². The molecule has 1 saturated heterocycles. The van der Waals surface area contributed by atoms with E-state index in [2.05, 4.69) is 90.1 Å². The lowest BCUT2D eigenvalue weighted by Gasteiger charge is -2.33. The Balaban J connectivity index is 0.000000470. The number of aliphatic carboxylic acids is 1. The third kappa shape index (κ3) is 7.80. The van der Waals surface area contributed by atoms with E-state index in [4.69, 9.17) is 14.6 Å². The van der Waals surface area contributed by atoms with Crippen LogP contribution >= 0.6 is 11.8 Å². The number of alkyl halides is 3. The van der Waals surface area contributed by atoms with Gasteiger partial charge in [-0.1, -0.05) is 42.8 Å². The van der Waals surface area contributed by atoms with Crippen molar-refractivity contribution in [1.29, 1.82) is 0 Å². The average molecular weight is 573 g/mol. The number of hydrogen-bond donors (Lipinski definition) is 2. The van der Waals surface area contributed by atoms with Crippen molar-refractivity contribution >= 4 is 17.7 Å². The number of carboxylic acids is 1. The quantitative estimate of drug-likeness (QED) is 0.297. The molecule has 1 fully saturated rings. The second kappa shape index (κ2) is 13.6. The van der Waals surface area contributed by atoms with E-state index < -0.39 is 12.1 Å². The minimum absolute atomic E-state index is 0.278. The molecule has 2 atom stereocenters. The Kier molecular flexibility index (Phi) is 10.2. The Morgan fingerprint density at radius 1 is 1.05 bits per heavy atom. The van der Waals surface area contributed by atoms with Crippen LogP contribution in [0, 0.1) is 0 Å². The monoisotopic (exact) mass is 572 g/mol. The van der Waals surface area contributed by atoms with Gasteiger partial charge in [0.1, 0.15) is 11.5 Å². The summed E-state index contributed by atoms with van der Waals surface area (Å²) in [5, 5.41) is 10.8. The van der Waals surface area contributed by atoms with E-state index in [0.29, 0.717) is 6.04 Å². The lowest BCUT2D eigenvalue weighted by molar-refractivity contribution is -0.192. The first-order valence-electron chi connectivity index (χ1n) is 13.4. The minimum atomic E-state index is -5.08. The van der Waals surface area contributed by atoms with Crippen molar-refractivity contribution in [1.82, 2.24) is 10.2 Å². The molecular formula is C31H35F3N2O3S. The van der Waals surface area contributed by atoms with Gasteiger partial charge in [-0.2, -0.15) is 13.2 Å². The maximum atomic E-state index is 10.6. The first-order valence-corrected chi connectivity index (χ1v) is 14.7. The molecule has 0 bridgehead atoms. The summed E-state index contributed by atoms with van der Waals surface area (Å²) < 4.78 is 38.3. The second-order valence-electron chi connectivity index (χ2n) is 10.1. The maximum absolute atomic E-state index is 10.6. The average Bonchev–Trinajstić information content (AvgIpc) is 2.94. The topological polar surface area (TPSA) is 61.8 Å². The van der Waals surface area contributed by atoms with Gasteiger partial charge >= 0.3 is 12.1 Å². The molecule has 5 rings (SSSR count). The van der Waals surface area contributed by atoms with Crippen LogP contribution in [0.3, 0.4) is 0 Å². The van der Waals surface area contributed by atoms with Gasteiger partial charge in [-0.15, -0.1) is 11.8 Å². The number of carbonyl (C=O) groups is 1. The van der Waals surface area contributed by atoms with Gasteiger partial charge in [-0.25, -0.2) is 4.79 Å². The van der Waals surface area contributed by atoms with Crippen LogP contribution < -0.4 is 10.1 Å². The maximum Gasteiger partial charge on any atom is 0.490 e. The molecule has 0 amide bonds. The Hall–Kier alpha value is -3.01. The van der Waals surface area contributed by atoms with E-state index in [-0.39, 0.29) is 5.92 Å². The van der Waals surface area contributed by atoms with Crippen LogP contribution in [0.4, 0.5) is 13.2 Å². The fourth-order valence-electron chi connectivity index (χ4n) is 5.24. The number of halogens is 3. The Bertz CT molecular complexity index is 1280. The predicted octanol–water partition coefficient (Wildman–Crippen LogP) is 7.62. The smallest absolute Gasteiger partial charge is 0.475 e. The third-order valence-corrected chi connectivity index (χ3v) is 8.03. The van der Waals surface area contributed by atoms with E-state index in [9.17, 15) is 13.2 Å². The number of likely N-dealkylation sites (tertiary alicyclic amines) is 1. The van der Waals surface area contributed by atoms with Crippen molar-refractivity contribution < 1.29 is 27.8 Å². The van der Waals surface area contributed by atoms with Crippen LogP contribution in [0.2, 0.25) is 0 Å². The number of ether oxygens (including phenoxy) is 1. The van der Waals surface area contributed by atoms with Gasteiger partial charge in [-0.05, 0) is 86.1 Å². The molecule has 5 nitrogen and oxygen atoms in total. The van der Waals surface area contributed by atoms with Crippen LogP contribution in [-0.2, 0) is 11.3 Å². The molecule has 0 aromatic heterocycles. The molecule has 0 spiro atoms. The fourth-order valence-corrected chi connectivity index (χ4v) is 5.65. The van der Waals surface area contributed by atoms with Crippen molar-refractivity contribution in [2.45, 2.75) is 55.8 Å². The highest BCUT2D eigenvalue weighted by molar-refractivity contribution is 7.98. The Morgan fingerprint density at radius 2 is 1.73 bits per heavy atom. The normalized spacial score (nSPS) is 19.2. The van der Waals surface area contributed by atoms with E-state index in [1.165, 1.54) is 59.5 Å². The molecule has 0 radical (unpaired) electrons.